The van der Waals surface area contributed by atoms with Crippen LogP contribution in [0.3, 0.4) is 0 Å². The Morgan fingerprint density at radius 3 is 3.11 bits per heavy atom. The predicted octanol–water partition coefficient (Wildman–Crippen LogP) is 2.44. The molecule has 1 amide bonds. The lowest BCUT2D eigenvalue weighted by Gasteiger charge is -2.13. The molecule has 2 aromatic rings. The van der Waals surface area contributed by atoms with Crippen molar-refractivity contribution in [3.63, 3.8) is 0 Å². The minimum Gasteiger partial charge on any atom is -0.355 e. The van der Waals surface area contributed by atoms with Crippen molar-refractivity contribution >= 4 is 40.9 Å². The Morgan fingerprint density at radius 2 is 2.44 bits per heavy atom. The van der Waals surface area contributed by atoms with Gasteiger partial charge in [-0.15, -0.1) is 0 Å². The maximum absolute atomic E-state index is 11.9. The van der Waals surface area contributed by atoms with Gasteiger partial charge in [-0.1, -0.05) is 11.6 Å². The molecule has 0 saturated carbocycles. The van der Waals surface area contributed by atoms with Crippen LogP contribution in [0.4, 0.5) is 0 Å². The summed E-state index contributed by atoms with van der Waals surface area (Å²) in [6.45, 7) is 4.24. The summed E-state index contributed by atoms with van der Waals surface area (Å²) in [5.74, 6) is -0.0914. The highest BCUT2D eigenvalue weighted by atomic mass is 35.5. The van der Waals surface area contributed by atoms with E-state index in [-0.39, 0.29) is 5.91 Å². The van der Waals surface area contributed by atoms with Crippen LogP contribution in [-0.4, -0.2) is 27.0 Å². The molecule has 0 aromatic carbocycles. The highest BCUT2D eigenvalue weighted by Crippen LogP contribution is 2.20. The predicted molar refractivity (Wildman–Crippen MR) is 73.3 cm³/mol. The van der Waals surface area contributed by atoms with Gasteiger partial charge in [0, 0.05) is 12.7 Å². The van der Waals surface area contributed by atoms with Crippen LogP contribution in [0.15, 0.2) is 12.3 Å². The third-order valence-electron chi connectivity index (χ3n) is 2.64. The van der Waals surface area contributed by atoms with E-state index >= 15 is 0 Å². The number of aromatic nitrogens is 3. The first kappa shape index (κ1) is 13.0. The first-order valence-electron chi connectivity index (χ1n) is 5.58. The summed E-state index contributed by atoms with van der Waals surface area (Å²) in [4.78, 5) is 19.1. The quantitative estimate of drug-likeness (QED) is 0.851. The van der Waals surface area contributed by atoms with Crippen molar-refractivity contribution in [1.82, 2.24) is 19.9 Å². The van der Waals surface area contributed by atoms with E-state index in [0.29, 0.717) is 22.0 Å². The van der Waals surface area contributed by atoms with E-state index in [1.807, 2.05) is 6.92 Å². The van der Waals surface area contributed by atoms with Crippen LogP contribution in [-0.2, 0) is 4.79 Å². The fraction of sp³-hybridized carbons (Fsp3) is 0.364. The fourth-order valence-electron chi connectivity index (χ4n) is 1.79. The molecule has 0 radical (unpaired) electrons. The molecule has 0 aliphatic heterocycles. The molecule has 5 nitrogen and oxygen atoms in total. The highest BCUT2D eigenvalue weighted by Gasteiger charge is 2.18. The van der Waals surface area contributed by atoms with Crippen LogP contribution in [0.2, 0.25) is 5.02 Å². The number of halogens is 1. The Kier molecular flexibility index (Phi) is 3.68. The minimum atomic E-state index is -0.417. The molecule has 0 saturated heterocycles. The van der Waals surface area contributed by atoms with Gasteiger partial charge in [-0.3, -0.25) is 9.36 Å². The van der Waals surface area contributed by atoms with E-state index in [4.69, 9.17) is 23.8 Å². The van der Waals surface area contributed by atoms with Gasteiger partial charge in [0.25, 0.3) is 0 Å². The van der Waals surface area contributed by atoms with Crippen molar-refractivity contribution in [1.29, 1.82) is 0 Å². The number of hydrogen-bond acceptors (Lipinski definition) is 3. The van der Waals surface area contributed by atoms with Crippen LogP contribution in [0, 0.1) is 4.77 Å². The molecule has 2 heterocycles. The monoisotopic (exact) mass is 284 g/mol. The normalized spacial score (nSPS) is 12.6. The summed E-state index contributed by atoms with van der Waals surface area (Å²) in [7, 11) is 0. The molecule has 0 bridgehead atoms. The maximum Gasteiger partial charge on any atom is 0.242 e. The fourth-order valence-corrected chi connectivity index (χ4v) is 2.30. The van der Waals surface area contributed by atoms with Crippen LogP contribution < -0.4 is 5.32 Å². The number of nitrogens with one attached hydrogen (secondary N) is 2. The zero-order valence-corrected chi connectivity index (χ0v) is 11.6. The molecule has 0 aliphatic rings. The molecule has 0 aliphatic carbocycles. The molecule has 2 N–H and O–H groups in total. The molecule has 1 unspecified atom stereocenters. The molecule has 2 aromatic heterocycles. The van der Waals surface area contributed by atoms with Gasteiger partial charge in [0.15, 0.2) is 10.4 Å². The summed E-state index contributed by atoms with van der Waals surface area (Å²) in [6, 6.07) is 1.32. The second-order valence-electron chi connectivity index (χ2n) is 3.90. The lowest BCUT2D eigenvalue weighted by molar-refractivity contribution is -0.123. The number of fused-ring (bicyclic) bond motifs is 1. The first-order valence-corrected chi connectivity index (χ1v) is 6.36. The van der Waals surface area contributed by atoms with Gasteiger partial charge in [0.1, 0.15) is 6.04 Å². The Balaban J connectivity index is 2.54. The number of aromatic amines is 1. The molecule has 1 atom stereocenters. The molecule has 2 rings (SSSR count). The molecule has 96 valence electrons. The van der Waals surface area contributed by atoms with Gasteiger partial charge in [0.05, 0.1) is 10.5 Å². The zero-order chi connectivity index (χ0) is 13.3. The van der Waals surface area contributed by atoms with Gasteiger partial charge in [0.2, 0.25) is 5.91 Å². The number of likely N-dealkylation sites (N-methyl/N-ethyl adjacent to an activating group) is 1. The van der Waals surface area contributed by atoms with E-state index in [1.54, 1.807) is 17.6 Å². The number of rotatable bonds is 3. The van der Waals surface area contributed by atoms with Crippen molar-refractivity contribution in [2.45, 2.75) is 19.9 Å². The average molecular weight is 285 g/mol. The second-order valence-corrected chi connectivity index (χ2v) is 4.72. The van der Waals surface area contributed by atoms with E-state index in [0.717, 1.165) is 5.52 Å². The van der Waals surface area contributed by atoms with Gasteiger partial charge in [-0.05, 0) is 32.1 Å². The van der Waals surface area contributed by atoms with E-state index in [2.05, 4.69) is 15.3 Å². The van der Waals surface area contributed by atoms with Crippen LogP contribution in [0.25, 0.3) is 11.2 Å². The van der Waals surface area contributed by atoms with Crippen LogP contribution in [0.1, 0.15) is 19.9 Å². The second kappa shape index (κ2) is 5.07. The van der Waals surface area contributed by atoms with Crippen molar-refractivity contribution in [2.24, 2.45) is 0 Å². The van der Waals surface area contributed by atoms with Crippen LogP contribution >= 0.6 is 23.8 Å². The summed E-state index contributed by atoms with van der Waals surface area (Å²) in [6.07, 6.45) is 1.54. The van der Waals surface area contributed by atoms with E-state index in [1.165, 1.54) is 6.20 Å². The average Bonchev–Trinajstić information content (AvgIpc) is 2.63. The number of hydrogen-bond donors (Lipinski definition) is 2. The van der Waals surface area contributed by atoms with Crippen molar-refractivity contribution < 1.29 is 4.79 Å². The SMILES string of the molecule is CCNC(=O)C(C)n1c(=S)[nH]c2cc(Cl)cnc21. The minimum absolute atomic E-state index is 0.0914. The summed E-state index contributed by atoms with van der Waals surface area (Å²) in [5.41, 5.74) is 1.35. The largest absolute Gasteiger partial charge is 0.355 e. The van der Waals surface area contributed by atoms with E-state index in [9.17, 15) is 4.79 Å². The number of H-pyrrole nitrogens is 1. The molecule has 18 heavy (non-hydrogen) atoms. The maximum atomic E-state index is 11.9. The number of carbonyl (C=O) groups is 1. The zero-order valence-electron chi connectivity index (χ0n) is 10.0. The number of amides is 1. The molecular formula is C11H13ClN4OS. The third-order valence-corrected chi connectivity index (χ3v) is 3.15. The highest BCUT2D eigenvalue weighted by molar-refractivity contribution is 7.71. The van der Waals surface area contributed by atoms with Gasteiger partial charge in [-0.25, -0.2) is 4.98 Å². The molecule has 0 spiro atoms. The van der Waals surface area contributed by atoms with E-state index < -0.39 is 6.04 Å². The summed E-state index contributed by atoms with van der Waals surface area (Å²) < 4.78 is 2.14. The Morgan fingerprint density at radius 1 is 1.72 bits per heavy atom. The molecular weight excluding hydrogens is 272 g/mol. The lowest BCUT2D eigenvalue weighted by Crippen LogP contribution is -2.30. The Hall–Kier alpha value is -1.40. The van der Waals surface area contributed by atoms with Crippen molar-refractivity contribution in [3.05, 3.63) is 22.1 Å². The Bertz CT molecular complexity index is 648. The number of nitrogens with zero attached hydrogens (tertiary/aromatic N) is 2. The third kappa shape index (κ3) is 2.26. The van der Waals surface area contributed by atoms with Gasteiger partial charge < -0.3 is 10.3 Å². The topological polar surface area (TPSA) is 62.7 Å². The van der Waals surface area contributed by atoms with Gasteiger partial charge in [-0.2, -0.15) is 0 Å². The van der Waals surface area contributed by atoms with Crippen molar-refractivity contribution in [3.8, 4) is 0 Å². The lowest BCUT2D eigenvalue weighted by atomic mass is 10.3. The molecule has 0 fully saturated rings. The number of imidazole rings is 1. The smallest absolute Gasteiger partial charge is 0.242 e. The van der Waals surface area contributed by atoms with Gasteiger partial charge >= 0.3 is 0 Å². The number of pyridine rings is 1. The van der Waals surface area contributed by atoms with Crippen molar-refractivity contribution in [2.75, 3.05) is 6.54 Å². The summed E-state index contributed by atoms with van der Waals surface area (Å²) in [5, 5.41) is 3.29. The number of carbonyl (C=O) groups excluding carboxylic acids is 1. The standard InChI is InChI=1S/C11H13ClN4OS/c1-3-13-10(17)6(2)16-9-8(15-11(16)18)4-7(12)5-14-9/h4-6H,3H2,1-2H3,(H,13,17)(H,15,18). The Labute approximate surface area is 114 Å². The van der Waals surface area contributed by atoms with Crippen LogP contribution in [0.5, 0.6) is 0 Å². The molecule has 7 heteroatoms. The summed E-state index contributed by atoms with van der Waals surface area (Å²) >= 11 is 11.1. The first-order chi connectivity index (χ1) is 8.54.